The third-order valence-electron chi connectivity index (χ3n) is 5.23. The van der Waals surface area contributed by atoms with E-state index < -0.39 is 11.5 Å². The van der Waals surface area contributed by atoms with Crippen molar-refractivity contribution >= 4 is 23.3 Å². The van der Waals surface area contributed by atoms with E-state index in [1.54, 1.807) is 11.0 Å². The van der Waals surface area contributed by atoms with Crippen molar-refractivity contribution in [2.45, 2.75) is 57.5 Å². The summed E-state index contributed by atoms with van der Waals surface area (Å²) in [6.07, 6.45) is 2.70. The molecule has 1 aliphatic rings. The Labute approximate surface area is 153 Å². The Kier molecular flexibility index (Phi) is 6.61. The van der Waals surface area contributed by atoms with E-state index in [-0.39, 0.29) is 43.6 Å². The normalized spacial score (nSPS) is 20.0. The minimum absolute atomic E-state index is 0.130. The molecule has 0 bridgehead atoms. The van der Waals surface area contributed by atoms with Gasteiger partial charge in [0, 0.05) is 19.1 Å². The molecule has 0 radical (unpaired) electrons. The zero-order valence-electron chi connectivity index (χ0n) is 15.4. The molecule has 1 unspecified atom stereocenters. The first kappa shape index (κ1) is 20.2. The fourth-order valence-corrected chi connectivity index (χ4v) is 3.58. The van der Waals surface area contributed by atoms with Crippen LogP contribution in [0.2, 0.25) is 0 Å². The number of carboxylic acids is 1. The van der Waals surface area contributed by atoms with Gasteiger partial charge in [-0.05, 0) is 43.9 Å². The molecule has 1 fully saturated rings. The molecular weight excluding hydrogens is 336 g/mol. The van der Waals surface area contributed by atoms with Crippen molar-refractivity contribution in [1.82, 2.24) is 0 Å². The maximum Gasteiger partial charge on any atom is 0.335 e. The van der Waals surface area contributed by atoms with E-state index in [4.69, 9.17) is 0 Å². The number of nitrogens with one attached hydrogen (secondary N) is 1. The first-order chi connectivity index (χ1) is 12.4. The highest BCUT2D eigenvalue weighted by Crippen LogP contribution is 2.41. The summed E-state index contributed by atoms with van der Waals surface area (Å²) in [6, 6.07) is 4.74. The molecule has 144 valence electrons. The van der Waals surface area contributed by atoms with Crippen LogP contribution in [0.1, 0.15) is 56.3 Å². The van der Waals surface area contributed by atoms with Gasteiger partial charge in [0.15, 0.2) is 0 Å². The molecule has 0 aliphatic carbocycles. The van der Waals surface area contributed by atoms with Crippen LogP contribution in [0.3, 0.4) is 0 Å². The maximum atomic E-state index is 12.6. The van der Waals surface area contributed by atoms with Crippen LogP contribution >= 0.6 is 0 Å². The van der Waals surface area contributed by atoms with Gasteiger partial charge in [0.1, 0.15) is 0 Å². The van der Waals surface area contributed by atoms with E-state index in [1.165, 1.54) is 12.1 Å². The highest BCUT2D eigenvalue weighted by Gasteiger charge is 2.46. The van der Waals surface area contributed by atoms with Gasteiger partial charge in [0.25, 0.3) is 0 Å². The molecule has 0 aromatic heterocycles. The molecule has 1 aromatic rings. The third-order valence-corrected chi connectivity index (χ3v) is 5.23. The van der Waals surface area contributed by atoms with Crippen molar-refractivity contribution in [3.63, 3.8) is 0 Å². The molecule has 1 aromatic carbocycles. The molecule has 7 heteroatoms. The minimum atomic E-state index is -1.04. The second-order valence-corrected chi connectivity index (χ2v) is 6.78. The Morgan fingerprint density at radius 3 is 2.54 bits per heavy atom. The van der Waals surface area contributed by atoms with Gasteiger partial charge >= 0.3 is 5.97 Å². The fraction of sp³-hybridized carbons (Fsp3) is 0.579. The number of amides is 1. The van der Waals surface area contributed by atoms with Gasteiger partial charge in [0.05, 0.1) is 29.1 Å². The Morgan fingerprint density at radius 2 is 2.00 bits per heavy atom. The lowest BCUT2D eigenvalue weighted by Crippen LogP contribution is -2.50. The fourth-order valence-electron chi connectivity index (χ4n) is 3.58. The first-order valence-corrected chi connectivity index (χ1v) is 9.11. The number of hydrogen-bond donors (Lipinski definition) is 4. The van der Waals surface area contributed by atoms with E-state index >= 15 is 0 Å². The van der Waals surface area contributed by atoms with Crippen molar-refractivity contribution in [1.29, 1.82) is 0 Å². The van der Waals surface area contributed by atoms with Crippen LogP contribution in [-0.4, -0.2) is 52.0 Å². The van der Waals surface area contributed by atoms with Crippen LogP contribution in [0.5, 0.6) is 0 Å². The molecule has 4 N–H and O–H groups in total. The van der Waals surface area contributed by atoms with Crippen LogP contribution in [0.4, 0.5) is 11.4 Å². The molecular formula is C19H28N2O5. The summed E-state index contributed by atoms with van der Waals surface area (Å²) in [5.41, 5.74) is 0.378. The molecule has 1 amide bonds. The van der Waals surface area contributed by atoms with Gasteiger partial charge < -0.3 is 25.5 Å². The molecule has 0 saturated carbocycles. The molecule has 7 nitrogen and oxygen atoms in total. The summed E-state index contributed by atoms with van der Waals surface area (Å²) in [4.78, 5) is 25.5. The van der Waals surface area contributed by atoms with Gasteiger partial charge in [-0.1, -0.05) is 13.8 Å². The quantitative estimate of drug-likeness (QED) is 0.535. The Balaban J connectivity index is 2.54. The molecule has 1 saturated heterocycles. The van der Waals surface area contributed by atoms with Crippen molar-refractivity contribution < 1.29 is 24.9 Å². The molecule has 1 atom stereocenters. The molecule has 2 rings (SSSR count). The van der Waals surface area contributed by atoms with Gasteiger partial charge in [-0.15, -0.1) is 0 Å². The highest BCUT2D eigenvalue weighted by molar-refractivity contribution is 6.01. The number of benzene rings is 1. The minimum Gasteiger partial charge on any atom is -0.478 e. The first-order valence-electron chi connectivity index (χ1n) is 9.11. The number of aliphatic hydroxyl groups is 2. The summed E-state index contributed by atoms with van der Waals surface area (Å²) in [6.45, 7) is 3.66. The van der Waals surface area contributed by atoms with Crippen LogP contribution in [-0.2, 0) is 4.79 Å². The summed E-state index contributed by atoms with van der Waals surface area (Å²) in [7, 11) is 0. The van der Waals surface area contributed by atoms with E-state index in [0.717, 1.165) is 12.8 Å². The van der Waals surface area contributed by atoms with E-state index in [2.05, 4.69) is 5.32 Å². The second-order valence-electron chi connectivity index (χ2n) is 6.78. The number of carbonyl (C=O) groups excluding carboxylic acids is 1. The number of aliphatic hydroxyl groups excluding tert-OH is 2. The Hall–Kier alpha value is -2.12. The van der Waals surface area contributed by atoms with Crippen LogP contribution in [0.25, 0.3) is 0 Å². The van der Waals surface area contributed by atoms with Gasteiger partial charge in [-0.25, -0.2) is 4.79 Å². The Morgan fingerprint density at radius 1 is 1.31 bits per heavy atom. The summed E-state index contributed by atoms with van der Waals surface area (Å²) < 4.78 is 0. The average molecular weight is 364 g/mol. The van der Waals surface area contributed by atoms with Crippen molar-refractivity contribution in [2.75, 3.05) is 23.4 Å². The SMILES string of the molecule is CCC(CC)Nc1cc(C(=O)O)ccc1N1C(=O)CCC1(CO)CCO. The van der Waals surface area contributed by atoms with Gasteiger partial charge in [0.2, 0.25) is 5.91 Å². The van der Waals surface area contributed by atoms with E-state index in [9.17, 15) is 24.9 Å². The molecule has 1 heterocycles. The lowest BCUT2D eigenvalue weighted by Gasteiger charge is -2.38. The van der Waals surface area contributed by atoms with Gasteiger partial charge in [-0.3, -0.25) is 4.79 Å². The van der Waals surface area contributed by atoms with E-state index in [1.807, 2.05) is 13.8 Å². The number of anilines is 2. The van der Waals surface area contributed by atoms with Crippen LogP contribution < -0.4 is 10.2 Å². The zero-order valence-corrected chi connectivity index (χ0v) is 15.4. The number of carboxylic acid groups (broad SMARTS) is 1. The van der Waals surface area contributed by atoms with Crippen LogP contribution in [0, 0.1) is 0 Å². The summed E-state index contributed by atoms with van der Waals surface area (Å²) in [5.74, 6) is -1.18. The smallest absolute Gasteiger partial charge is 0.335 e. The Bertz CT molecular complexity index is 659. The van der Waals surface area contributed by atoms with Gasteiger partial charge in [-0.2, -0.15) is 0 Å². The molecule has 1 aliphatic heterocycles. The van der Waals surface area contributed by atoms with Crippen LogP contribution in [0.15, 0.2) is 18.2 Å². The topological polar surface area (TPSA) is 110 Å². The van der Waals surface area contributed by atoms with Crippen molar-refractivity contribution in [3.05, 3.63) is 23.8 Å². The monoisotopic (exact) mass is 364 g/mol. The maximum absolute atomic E-state index is 12.6. The highest BCUT2D eigenvalue weighted by atomic mass is 16.4. The molecule has 26 heavy (non-hydrogen) atoms. The number of rotatable bonds is 9. The van der Waals surface area contributed by atoms with Crippen molar-refractivity contribution in [3.8, 4) is 0 Å². The number of nitrogens with zero attached hydrogens (tertiary/aromatic N) is 1. The standard InChI is InChI=1S/C19H28N2O5/c1-3-14(4-2)20-15-11-13(18(25)26)5-6-16(15)21-17(24)7-8-19(21,12-23)9-10-22/h5-6,11,14,20,22-23H,3-4,7-10,12H2,1-2H3,(H,25,26). The average Bonchev–Trinajstić information content (AvgIpc) is 2.96. The summed E-state index contributed by atoms with van der Waals surface area (Å²) in [5, 5.41) is 32.1. The number of hydrogen-bond acceptors (Lipinski definition) is 5. The van der Waals surface area contributed by atoms with E-state index in [0.29, 0.717) is 17.8 Å². The summed E-state index contributed by atoms with van der Waals surface area (Å²) >= 11 is 0. The molecule has 0 spiro atoms. The number of aromatic carboxylic acids is 1. The lowest BCUT2D eigenvalue weighted by atomic mass is 9.92. The lowest BCUT2D eigenvalue weighted by molar-refractivity contribution is -0.117. The zero-order chi connectivity index (χ0) is 19.3. The van der Waals surface area contributed by atoms with Crippen molar-refractivity contribution in [2.24, 2.45) is 0 Å². The second kappa shape index (κ2) is 8.51. The third kappa shape index (κ3) is 3.83. The predicted molar refractivity (Wildman–Crippen MR) is 99.6 cm³/mol. The largest absolute Gasteiger partial charge is 0.478 e. The number of carbonyl (C=O) groups is 2. The predicted octanol–water partition coefficient (Wildman–Crippen LogP) is 2.23.